The van der Waals surface area contributed by atoms with Crippen molar-refractivity contribution in [3.05, 3.63) is 77.3 Å². The number of methoxy groups -OCH3 is 2. The van der Waals surface area contributed by atoms with E-state index in [4.69, 9.17) is 9.47 Å². The molecule has 122 valence electrons. The second-order valence-electron chi connectivity index (χ2n) is 5.19. The zero-order valence-corrected chi connectivity index (χ0v) is 16.1. The van der Waals surface area contributed by atoms with Crippen LogP contribution in [0.1, 0.15) is 0 Å². The molecule has 2 nitrogen and oxygen atoms in total. The van der Waals surface area contributed by atoms with Gasteiger partial charge in [-0.15, -0.1) is 0 Å². The highest BCUT2D eigenvalue weighted by molar-refractivity contribution is 9.10. The molecule has 4 heteroatoms. The third-order valence-corrected chi connectivity index (χ3v) is 7.18. The zero-order valence-electron chi connectivity index (χ0n) is 13.6. The molecule has 0 heterocycles. The number of rotatable bonds is 5. The van der Waals surface area contributed by atoms with Crippen molar-refractivity contribution in [3.63, 3.8) is 0 Å². The number of benzene rings is 3. The molecule has 0 saturated carbocycles. The van der Waals surface area contributed by atoms with Gasteiger partial charge in [-0.2, -0.15) is 0 Å². The number of ether oxygens (including phenoxy) is 2. The standard InChI is InChI=1S/C20H18BrO2P/c1-22-15-7-5-9-17(13-15)24(20-12-4-3-11-19(20)21)18-10-6-8-16(14-18)23-2/h3-14H,1-2H3. The summed E-state index contributed by atoms with van der Waals surface area (Å²) in [6.45, 7) is 0. The second-order valence-corrected chi connectivity index (χ2v) is 8.23. The number of hydrogen-bond acceptors (Lipinski definition) is 2. The molecule has 3 rings (SSSR count). The van der Waals surface area contributed by atoms with Crippen molar-refractivity contribution in [3.8, 4) is 11.5 Å². The maximum absolute atomic E-state index is 5.43. The van der Waals surface area contributed by atoms with Gasteiger partial charge in [-0.05, 0) is 54.2 Å². The second kappa shape index (κ2) is 7.83. The fraction of sp³-hybridized carbons (Fsp3) is 0.100. The molecule has 0 atom stereocenters. The van der Waals surface area contributed by atoms with Crippen molar-refractivity contribution in [2.24, 2.45) is 0 Å². The Kier molecular flexibility index (Phi) is 5.55. The van der Waals surface area contributed by atoms with Gasteiger partial charge in [-0.3, -0.25) is 0 Å². The minimum atomic E-state index is -0.718. The van der Waals surface area contributed by atoms with Crippen LogP contribution in [-0.2, 0) is 0 Å². The monoisotopic (exact) mass is 400 g/mol. The Morgan fingerprint density at radius 1 is 0.708 bits per heavy atom. The van der Waals surface area contributed by atoms with Gasteiger partial charge in [0.15, 0.2) is 0 Å². The molecular formula is C20H18BrO2P. The highest BCUT2D eigenvalue weighted by Gasteiger charge is 2.19. The lowest BCUT2D eigenvalue weighted by atomic mass is 10.3. The third-order valence-electron chi connectivity index (χ3n) is 3.72. The minimum absolute atomic E-state index is 0.718. The highest BCUT2D eigenvalue weighted by atomic mass is 79.9. The Bertz CT molecular complexity index is 788. The number of hydrogen-bond donors (Lipinski definition) is 0. The van der Waals surface area contributed by atoms with E-state index < -0.39 is 7.92 Å². The first kappa shape index (κ1) is 17.0. The molecule has 0 aliphatic heterocycles. The van der Waals surface area contributed by atoms with E-state index in [9.17, 15) is 0 Å². The molecule has 0 amide bonds. The van der Waals surface area contributed by atoms with Crippen molar-refractivity contribution >= 4 is 39.8 Å². The molecule has 0 fully saturated rings. The average molecular weight is 401 g/mol. The lowest BCUT2D eigenvalue weighted by Gasteiger charge is -2.21. The molecule has 0 unspecified atom stereocenters. The van der Waals surface area contributed by atoms with E-state index in [0.717, 1.165) is 16.0 Å². The molecule has 0 aliphatic rings. The molecule has 0 spiro atoms. The summed E-state index contributed by atoms with van der Waals surface area (Å²) in [5.41, 5.74) is 0. The van der Waals surface area contributed by atoms with Gasteiger partial charge in [0.25, 0.3) is 0 Å². The summed E-state index contributed by atoms with van der Waals surface area (Å²) >= 11 is 3.72. The first-order valence-corrected chi connectivity index (χ1v) is 9.69. The topological polar surface area (TPSA) is 18.5 Å². The Morgan fingerprint density at radius 3 is 1.75 bits per heavy atom. The summed E-state index contributed by atoms with van der Waals surface area (Å²) in [5.74, 6) is 1.74. The van der Waals surface area contributed by atoms with Crippen LogP contribution in [0, 0.1) is 0 Å². The van der Waals surface area contributed by atoms with E-state index in [1.54, 1.807) is 14.2 Å². The SMILES string of the molecule is COc1cccc(P(c2cccc(OC)c2)c2ccccc2Br)c1. The lowest BCUT2D eigenvalue weighted by Crippen LogP contribution is -2.21. The first-order chi connectivity index (χ1) is 11.7. The fourth-order valence-electron chi connectivity index (χ4n) is 2.56. The predicted molar refractivity (Wildman–Crippen MR) is 106 cm³/mol. The van der Waals surface area contributed by atoms with E-state index in [-0.39, 0.29) is 0 Å². The fourth-order valence-corrected chi connectivity index (χ4v) is 5.74. The van der Waals surface area contributed by atoms with Crippen LogP contribution in [0.4, 0.5) is 0 Å². The molecule has 0 aliphatic carbocycles. The van der Waals surface area contributed by atoms with Crippen LogP contribution in [0.25, 0.3) is 0 Å². The Hall–Kier alpha value is -1.83. The highest BCUT2D eigenvalue weighted by Crippen LogP contribution is 2.37. The number of halogens is 1. The van der Waals surface area contributed by atoms with Gasteiger partial charge in [0.2, 0.25) is 0 Å². The quantitative estimate of drug-likeness (QED) is 0.596. The Balaban J connectivity index is 2.18. The van der Waals surface area contributed by atoms with Crippen molar-refractivity contribution in [2.45, 2.75) is 0 Å². The van der Waals surface area contributed by atoms with Crippen LogP contribution >= 0.6 is 23.9 Å². The molecule has 0 saturated heterocycles. The van der Waals surface area contributed by atoms with Crippen molar-refractivity contribution in [2.75, 3.05) is 14.2 Å². The van der Waals surface area contributed by atoms with Crippen LogP contribution in [0.5, 0.6) is 11.5 Å². The van der Waals surface area contributed by atoms with Crippen LogP contribution in [-0.4, -0.2) is 14.2 Å². The molecule has 0 bridgehead atoms. The summed E-state index contributed by atoms with van der Waals surface area (Å²) in [7, 11) is 2.68. The zero-order chi connectivity index (χ0) is 16.9. The van der Waals surface area contributed by atoms with Crippen LogP contribution in [0.15, 0.2) is 77.3 Å². The smallest absolute Gasteiger partial charge is 0.119 e. The van der Waals surface area contributed by atoms with E-state index in [2.05, 4.69) is 58.4 Å². The molecule has 24 heavy (non-hydrogen) atoms. The van der Waals surface area contributed by atoms with Gasteiger partial charge >= 0.3 is 0 Å². The molecule has 0 N–H and O–H groups in total. The minimum Gasteiger partial charge on any atom is -0.497 e. The Morgan fingerprint density at radius 2 is 1.25 bits per heavy atom. The molecule has 0 aromatic heterocycles. The van der Waals surface area contributed by atoms with Crippen LogP contribution in [0.2, 0.25) is 0 Å². The van der Waals surface area contributed by atoms with Gasteiger partial charge in [-0.25, -0.2) is 0 Å². The van der Waals surface area contributed by atoms with E-state index >= 15 is 0 Å². The summed E-state index contributed by atoms with van der Waals surface area (Å²) in [6, 6.07) is 25.0. The normalized spacial score (nSPS) is 10.7. The maximum atomic E-state index is 5.43. The molecular weight excluding hydrogens is 383 g/mol. The summed E-state index contributed by atoms with van der Waals surface area (Å²) in [5, 5.41) is 3.75. The predicted octanol–water partition coefficient (Wildman–Crippen LogP) is 4.22. The van der Waals surface area contributed by atoms with E-state index in [1.165, 1.54) is 15.9 Å². The van der Waals surface area contributed by atoms with E-state index in [0.29, 0.717) is 0 Å². The van der Waals surface area contributed by atoms with Crippen LogP contribution in [0.3, 0.4) is 0 Å². The average Bonchev–Trinajstić information content (AvgIpc) is 2.64. The lowest BCUT2D eigenvalue weighted by molar-refractivity contribution is 0.415. The van der Waals surface area contributed by atoms with Crippen molar-refractivity contribution in [1.82, 2.24) is 0 Å². The van der Waals surface area contributed by atoms with Gasteiger partial charge < -0.3 is 9.47 Å². The summed E-state index contributed by atoms with van der Waals surface area (Å²) < 4.78 is 12.0. The largest absolute Gasteiger partial charge is 0.497 e. The van der Waals surface area contributed by atoms with Gasteiger partial charge in [0, 0.05) is 4.47 Å². The van der Waals surface area contributed by atoms with Crippen LogP contribution < -0.4 is 25.4 Å². The molecule has 3 aromatic carbocycles. The molecule has 3 aromatic rings. The summed E-state index contributed by atoms with van der Waals surface area (Å²) in [4.78, 5) is 0. The molecule has 0 radical (unpaired) electrons. The van der Waals surface area contributed by atoms with Crippen molar-refractivity contribution in [1.29, 1.82) is 0 Å². The van der Waals surface area contributed by atoms with E-state index in [1.807, 2.05) is 30.3 Å². The third kappa shape index (κ3) is 3.63. The van der Waals surface area contributed by atoms with Gasteiger partial charge in [0.05, 0.1) is 14.2 Å². The Labute approximate surface area is 152 Å². The first-order valence-electron chi connectivity index (χ1n) is 7.55. The maximum Gasteiger partial charge on any atom is 0.119 e. The summed E-state index contributed by atoms with van der Waals surface area (Å²) in [6.07, 6.45) is 0. The van der Waals surface area contributed by atoms with Crippen molar-refractivity contribution < 1.29 is 9.47 Å². The van der Waals surface area contributed by atoms with Gasteiger partial charge in [-0.1, -0.05) is 58.4 Å². The van der Waals surface area contributed by atoms with Gasteiger partial charge in [0.1, 0.15) is 11.5 Å².